The quantitative estimate of drug-likeness (QED) is 0.790. The van der Waals surface area contributed by atoms with Gasteiger partial charge in [-0.2, -0.15) is 0 Å². The molecule has 2 aliphatic heterocycles. The first-order chi connectivity index (χ1) is 10.5. The Morgan fingerprint density at radius 3 is 3.00 bits per heavy atom. The number of nitrogens with zero attached hydrogens (tertiary/aromatic N) is 3. The minimum Gasteiger partial charge on any atom is -0.385 e. The number of ether oxygens (including phenoxy) is 3. The van der Waals surface area contributed by atoms with Crippen molar-refractivity contribution in [2.24, 2.45) is 0 Å². The van der Waals surface area contributed by atoms with Gasteiger partial charge in [0.15, 0.2) is 0 Å². The number of rotatable bonds is 4. The molecule has 0 aromatic carbocycles. The zero-order chi connectivity index (χ0) is 15.7. The molecular formula is C15H22ClN3O3. The second kappa shape index (κ2) is 6.28. The summed E-state index contributed by atoms with van der Waals surface area (Å²) in [6.45, 7) is 7.47. The van der Waals surface area contributed by atoms with Crippen molar-refractivity contribution >= 4 is 17.4 Å². The van der Waals surface area contributed by atoms with Crippen molar-refractivity contribution in [2.75, 3.05) is 38.4 Å². The van der Waals surface area contributed by atoms with E-state index < -0.39 is 5.60 Å². The van der Waals surface area contributed by atoms with Gasteiger partial charge in [-0.05, 0) is 25.4 Å². The van der Waals surface area contributed by atoms with Crippen molar-refractivity contribution in [3.63, 3.8) is 0 Å². The Kier molecular flexibility index (Phi) is 4.54. The van der Waals surface area contributed by atoms with E-state index >= 15 is 0 Å². The maximum absolute atomic E-state index is 6.19. The van der Waals surface area contributed by atoms with Crippen molar-refractivity contribution in [1.29, 1.82) is 0 Å². The molecule has 0 bridgehead atoms. The van der Waals surface area contributed by atoms with Gasteiger partial charge in [-0.1, -0.05) is 0 Å². The fourth-order valence-corrected chi connectivity index (χ4v) is 3.25. The fraction of sp³-hybridized carbons (Fsp3) is 0.733. The molecule has 2 aliphatic rings. The molecule has 1 fully saturated rings. The van der Waals surface area contributed by atoms with Gasteiger partial charge in [0.2, 0.25) is 5.28 Å². The molecule has 0 N–H and O–H groups in total. The van der Waals surface area contributed by atoms with Crippen LogP contribution in [0.1, 0.15) is 31.5 Å². The van der Waals surface area contributed by atoms with Crippen LogP contribution in [-0.4, -0.2) is 49.5 Å². The molecule has 0 amide bonds. The third-order valence-corrected chi connectivity index (χ3v) is 4.59. The number of halogens is 1. The summed E-state index contributed by atoms with van der Waals surface area (Å²) < 4.78 is 16.7. The van der Waals surface area contributed by atoms with Gasteiger partial charge in [0.05, 0.1) is 31.6 Å². The predicted octanol–water partition coefficient (Wildman–Crippen LogP) is 2.14. The molecular weight excluding hydrogens is 306 g/mol. The van der Waals surface area contributed by atoms with Crippen LogP contribution < -0.4 is 4.90 Å². The summed E-state index contributed by atoms with van der Waals surface area (Å²) in [5.41, 5.74) is 1.46. The van der Waals surface area contributed by atoms with Gasteiger partial charge < -0.3 is 19.1 Å². The Labute approximate surface area is 135 Å². The lowest BCUT2D eigenvalue weighted by molar-refractivity contribution is -0.0449. The lowest BCUT2D eigenvalue weighted by Gasteiger charge is -2.35. The van der Waals surface area contributed by atoms with Crippen LogP contribution in [0.2, 0.25) is 5.28 Å². The summed E-state index contributed by atoms with van der Waals surface area (Å²) in [6.07, 6.45) is 0.738. The molecule has 0 radical (unpaired) electrons. The van der Waals surface area contributed by atoms with E-state index in [0.29, 0.717) is 26.4 Å². The standard InChI is InChI=1S/C15H22ClN3O3/c1-10-8-21-7-5-19(10)13-11-9-22-15(2,4-6-20-3)12(11)17-14(16)18-13/h10H,4-9H2,1-3H3. The summed E-state index contributed by atoms with van der Waals surface area (Å²) in [5, 5.41) is 0.265. The molecule has 1 aromatic rings. The fourth-order valence-electron chi connectivity index (χ4n) is 3.08. The highest BCUT2D eigenvalue weighted by Crippen LogP contribution is 2.42. The van der Waals surface area contributed by atoms with Crippen molar-refractivity contribution in [3.8, 4) is 0 Å². The summed E-state index contributed by atoms with van der Waals surface area (Å²) in [7, 11) is 1.69. The molecule has 0 spiro atoms. The molecule has 0 saturated carbocycles. The Morgan fingerprint density at radius 1 is 1.45 bits per heavy atom. The third-order valence-electron chi connectivity index (χ3n) is 4.42. The SMILES string of the molecule is COCCC1(C)OCc2c(N3CCOCC3C)nc(Cl)nc21. The third kappa shape index (κ3) is 2.80. The summed E-state index contributed by atoms with van der Waals surface area (Å²) in [5.74, 6) is 0.881. The first kappa shape index (κ1) is 15.9. The van der Waals surface area contributed by atoms with Crippen LogP contribution in [0, 0.1) is 0 Å². The summed E-state index contributed by atoms with van der Waals surface area (Å²) in [4.78, 5) is 11.2. The maximum atomic E-state index is 6.19. The van der Waals surface area contributed by atoms with Crippen LogP contribution in [0.15, 0.2) is 0 Å². The zero-order valence-corrected chi connectivity index (χ0v) is 14.0. The molecule has 1 aromatic heterocycles. The molecule has 22 heavy (non-hydrogen) atoms. The van der Waals surface area contributed by atoms with Gasteiger partial charge in [0.1, 0.15) is 11.4 Å². The molecule has 2 unspecified atom stereocenters. The molecule has 6 nitrogen and oxygen atoms in total. The van der Waals surface area contributed by atoms with Gasteiger partial charge in [-0.15, -0.1) is 0 Å². The number of anilines is 1. The van der Waals surface area contributed by atoms with Gasteiger partial charge in [0, 0.05) is 32.2 Å². The first-order valence-electron chi connectivity index (χ1n) is 7.59. The first-order valence-corrected chi connectivity index (χ1v) is 7.97. The molecule has 2 atom stereocenters. The van der Waals surface area contributed by atoms with Crippen LogP contribution >= 0.6 is 11.6 Å². The average molecular weight is 328 g/mol. The van der Waals surface area contributed by atoms with Crippen LogP contribution in [0.4, 0.5) is 5.82 Å². The van der Waals surface area contributed by atoms with Crippen LogP contribution in [-0.2, 0) is 26.4 Å². The van der Waals surface area contributed by atoms with E-state index in [0.717, 1.165) is 30.0 Å². The number of morpholine rings is 1. The van der Waals surface area contributed by atoms with Gasteiger partial charge in [0.25, 0.3) is 0 Å². The van der Waals surface area contributed by atoms with E-state index in [-0.39, 0.29) is 11.3 Å². The molecule has 1 saturated heterocycles. The Balaban J connectivity index is 1.99. The monoisotopic (exact) mass is 327 g/mol. The average Bonchev–Trinajstić information content (AvgIpc) is 2.83. The normalized spacial score (nSPS) is 28.0. The Bertz CT molecular complexity index is 557. The van der Waals surface area contributed by atoms with Gasteiger partial charge in [-0.25, -0.2) is 9.97 Å². The van der Waals surface area contributed by atoms with Crippen molar-refractivity contribution in [1.82, 2.24) is 9.97 Å². The van der Waals surface area contributed by atoms with E-state index in [4.69, 9.17) is 25.8 Å². The highest BCUT2D eigenvalue weighted by atomic mass is 35.5. The zero-order valence-electron chi connectivity index (χ0n) is 13.3. The molecule has 122 valence electrons. The van der Waals surface area contributed by atoms with Crippen LogP contribution in [0.3, 0.4) is 0 Å². The van der Waals surface area contributed by atoms with Crippen molar-refractivity contribution in [3.05, 3.63) is 16.5 Å². The van der Waals surface area contributed by atoms with E-state index in [9.17, 15) is 0 Å². The predicted molar refractivity (Wildman–Crippen MR) is 83.3 cm³/mol. The highest BCUT2D eigenvalue weighted by Gasteiger charge is 2.40. The highest BCUT2D eigenvalue weighted by molar-refractivity contribution is 6.28. The molecule has 3 heterocycles. The second-order valence-corrected chi connectivity index (χ2v) is 6.36. The van der Waals surface area contributed by atoms with Gasteiger partial charge in [-0.3, -0.25) is 0 Å². The largest absolute Gasteiger partial charge is 0.385 e. The number of methoxy groups -OCH3 is 1. The molecule has 7 heteroatoms. The Hall–Kier alpha value is -0.950. The van der Waals surface area contributed by atoms with Crippen molar-refractivity contribution in [2.45, 2.75) is 38.5 Å². The van der Waals surface area contributed by atoms with E-state index in [1.165, 1.54) is 0 Å². The lowest BCUT2D eigenvalue weighted by Crippen LogP contribution is -2.44. The molecule has 0 aliphatic carbocycles. The summed E-state index contributed by atoms with van der Waals surface area (Å²) in [6, 6.07) is 0.259. The topological polar surface area (TPSA) is 56.7 Å². The van der Waals surface area contributed by atoms with Crippen LogP contribution in [0.25, 0.3) is 0 Å². The Morgan fingerprint density at radius 2 is 2.27 bits per heavy atom. The van der Waals surface area contributed by atoms with Crippen molar-refractivity contribution < 1.29 is 14.2 Å². The number of hydrogen-bond acceptors (Lipinski definition) is 6. The van der Waals surface area contributed by atoms with Crippen LogP contribution in [0.5, 0.6) is 0 Å². The summed E-state index contributed by atoms with van der Waals surface area (Å²) >= 11 is 6.19. The smallest absolute Gasteiger partial charge is 0.224 e. The number of aromatic nitrogens is 2. The van der Waals surface area contributed by atoms with Gasteiger partial charge >= 0.3 is 0 Å². The minimum atomic E-state index is -0.470. The second-order valence-electron chi connectivity index (χ2n) is 6.02. The van der Waals surface area contributed by atoms with E-state index in [1.807, 2.05) is 6.92 Å². The maximum Gasteiger partial charge on any atom is 0.224 e. The number of fused-ring (bicyclic) bond motifs is 1. The van der Waals surface area contributed by atoms with E-state index in [1.54, 1.807) is 7.11 Å². The number of hydrogen-bond donors (Lipinski definition) is 0. The lowest BCUT2D eigenvalue weighted by atomic mass is 9.96. The molecule has 3 rings (SSSR count). The minimum absolute atomic E-state index is 0.259. The van der Waals surface area contributed by atoms with E-state index in [2.05, 4.69) is 21.8 Å².